The molecule has 7 nitrogen and oxygen atoms in total. The Morgan fingerprint density at radius 1 is 1.16 bits per heavy atom. The van der Waals surface area contributed by atoms with E-state index in [1.807, 2.05) is 19.2 Å². The number of guanidine groups is 1. The van der Waals surface area contributed by atoms with Crippen LogP contribution in [0, 0.1) is 0 Å². The number of thiophene rings is 1. The van der Waals surface area contributed by atoms with Crippen LogP contribution in [0.2, 0.25) is 0 Å². The van der Waals surface area contributed by atoms with Gasteiger partial charge in [-0.1, -0.05) is 18.2 Å². The summed E-state index contributed by atoms with van der Waals surface area (Å²) < 4.78 is 10.8. The van der Waals surface area contributed by atoms with Gasteiger partial charge in [0.2, 0.25) is 0 Å². The SMILES string of the molecule is CN=C(NCC(c1ccc(OC)cc1)N(C)C)NCC(c1cccs1)N1CCOCC1.I. The van der Waals surface area contributed by atoms with E-state index in [1.54, 1.807) is 18.4 Å². The second-order valence-electron chi connectivity index (χ2n) is 7.77. The lowest BCUT2D eigenvalue weighted by Gasteiger charge is -2.34. The molecule has 1 aliphatic heterocycles. The zero-order chi connectivity index (χ0) is 22.1. The molecule has 1 aromatic heterocycles. The predicted octanol–water partition coefficient (Wildman–Crippen LogP) is 3.22. The molecule has 2 aromatic rings. The summed E-state index contributed by atoms with van der Waals surface area (Å²) in [5.41, 5.74) is 1.23. The van der Waals surface area contributed by atoms with E-state index >= 15 is 0 Å². The smallest absolute Gasteiger partial charge is 0.191 e. The van der Waals surface area contributed by atoms with Crippen molar-refractivity contribution in [1.29, 1.82) is 0 Å². The number of hydrogen-bond acceptors (Lipinski definition) is 6. The summed E-state index contributed by atoms with van der Waals surface area (Å²) in [4.78, 5) is 10.5. The second-order valence-corrected chi connectivity index (χ2v) is 8.75. The highest BCUT2D eigenvalue weighted by molar-refractivity contribution is 14.0. The Morgan fingerprint density at radius 2 is 1.84 bits per heavy atom. The third-order valence-corrected chi connectivity index (χ3v) is 6.60. The molecule has 0 amide bonds. The molecular formula is C23H36IN5O2S. The number of aliphatic imine (C=N–C) groups is 1. The molecule has 3 rings (SSSR count). The quantitative estimate of drug-likeness (QED) is 0.273. The van der Waals surface area contributed by atoms with Crippen molar-refractivity contribution >= 4 is 41.3 Å². The van der Waals surface area contributed by atoms with Crippen molar-refractivity contribution in [2.24, 2.45) is 4.99 Å². The lowest BCUT2D eigenvalue weighted by atomic mass is 10.1. The molecule has 2 atom stereocenters. The normalized spacial score (nSPS) is 16.8. The third-order valence-electron chi connectivity index (χ3n) is 5.63. The number of benzene rings is 1. The molecule has 178 valence electrons. The maximum atomic E-state index is 5.55. The molecule has 0 saturated carbocycles. The molecule has 0 spiro atoms. The van der Waals surface area contributed by atoms with Gasteiger partial charge in [-0.25, -0.2) is 0 Å². The standard InChI is InChI=1S/C23H35N5O2S.HI/c1-24-23(25-16-20(27(2)3)18-7-9-19(29-4)10-8-18)26-17-21(22-6-5-15-31-22)28-11-13-30-14-12-28;/h5-10,15,20-21H,11-14,16-17H2,1-4H3,(H2,24,25,26);1H. The Labute approximate surface area is 213 Å². The summed E-state index contributed by atoms with van der Waals surface area (Å²) in [6, 6.07) is 13.1. The van der Waals surface area contributed by atoms with E-state index in [9.17, 15) is 0 Å². The molecule has 2 heterocycles. The summed E-state index contributed by atoms with van der Waals surface area (Å²) in [6.07, 6.45) is 0. The summed E-state index contributed by atoms with van der Waals surface area (Å²) in [7, 11) is 7.70. The molecule has 2 N–H and O–H groups in total. The first kappa shape index (κ1) is 26.8. The summed E-state index contributed by atoms with van der Waals surface area (Å²) in [5.74, 6) is 1.68. The van der Waals surface area contributed by atoms with Gasteiger partial charge in [0.25, 0.3) is 0 Å². The number of halogens is 1. The summed E-state index contributed by atoms with van der Waals surface area (Å²) >= 11 is 1.81. The molecule has 9 heteroatoms. The van der Waals surface area contributed by atoms with E-state index in [0.717, 1.165) is 51.1 Å². The van der Waals surface area contributed by atoms with Crippen molar-refractivity contribution in [3.05, 3.63) is 52.2 Å². The Hall–Kier alpha value is -1.40. The van der Waals surface area contributed by atoms with Crippen molar-refractivity contribution in [2.75, 3.05) is 67.6 Å². The molecular weight excluding hydrogens is 537 g/mol. The van der Waals surface area contributed by atoms with Gasteiger partial charge < -0.3 is 25.0 Å². The number of rotatable bonds is 9. The van der Waals surface area contributed by atoms with Gasteiger partial charge >= 0.3 is 0 Å². The first-order chi connectivity index (χ1) is 15.1. The van der Waals surface area contributed by atoms with Crippen LogP contribution in [0.15, 0.2) is 46.8 Å². The Balaban J connectivity index is 0.00000363. The minimum absolute atomic E-state index is 0. The highest BCUT2D eigenvalue weighted by atomic mass is 127. The average Bonchev–Trinajstić information content (AvgIpc) is 3.33. The minimum atomic E-state index is 0. The number of likely N-dealkylation sites (N-methyl/N-ethyl adjacent to an activating group) is 1. The number of methoxy groups -OCH3 is 1. The molecule has 2 unspecified atom stereocenters. The van der Waals surface area contributed by atoms with Crippen LogP contribution in [0.4, 0.5) is 0 Å². The number of hydrogen-bond donors (Lipinski definition) is 2. The monoisotopic (exact) mass is 573 g/mol. The Kier molecular flexibility index (Phi) is 11.7. The number of morpholine rings is 1. The van der Waals surface area contributed by atoms with E-state index in [2.05, 4.69) is 69.2 Å². The summed E-state index contributed by atoms with van der Waals surface area (Å²) in [5, 5.41) is 9.20. The van der Waals surface area contributed by atoms with Crippen molar-refractivity contribution in [1.82, 2.24) is 20.4 Å². The first-order valence-electron chi connectivity index (χ1n) is 10.7. The fraction of sp³-hybridized carbons (Fsp3) is 0.522. The van der Waals surface area contributed by atoms with Crippen LogP contribution in [-0.2, 0) is 4.74 Å². The molecule has 0 aliphatic carbocycles. The number of nitrogens with zero attached hydrogens (tertiary/aromatic N) is 3. The largest absolute Gasteiger partial charge is 0.497 e. The van der Waals surface area contributed by atoms with Crippen LogP contribution >= 0.6 is 35.3 Å². The van der Waals surface area contributed by atoms with Crippen LogP contribution in [0.1, 0.15) is 22.5 Å². The van der Waals surface area contributed by atoms with Crippen LogP contribution < -0.4 is 15.4 Å². The molecule has 1 fully saturated rings. The van der Waals surface area contributed by atoms with Gasteiger partial charge in [-0.15, -0.1) is 35.3 Å². The van der Waals surface area contributed by atoms with Gasteiger partial charge in [-0.2, -0.15) is 0 Å². The van der Waals surface area contributed by atoms with Gasteiger partial charge in [-0.3, -0.25) is 9.89 Å². The minimum Gasteiger partial charge on any atom is -0.497 e. The van der Waals surface area contributed by atoms with Crippen LogP contribution in [-0.4, -0.2) is 83.4 Å². The fourth-order valence-corrected chi connectivity index (χ4v) is 4.67. The molecule has 1 saturated heterocycles. The highest BCUT2D eigenvalue weighted by Gasteiger charge is 2.24. The Morgan fingerprint density at radius 3 is 2.41 bits per heavy atom. The molecule has 0 radical (unpaired) electrons. The van der Waals surface area contributed by atoms with Gasteiger partial charge in [-0.05, 0) is 43.2 Å². The van der Waals surface area contributed by atoms with E-state index in [4.69, 9.17) is 9.47 Å². The third kappa shape index (κ3) is 7.58. The fourth-order valence-electron chi connectivity index (χ4n) is 3.81. The van der Waals surface area contributed by atoms with E-state index in [-0.39, 0.29) is 30.0 Å². The molecule has 1 aliphatic rings. The lowest BCUT2D eigenvalue weighted by Crippen LogP contribution is -2.47. The topological polar surface area (TPSA) is 61.4 Å². The lowest BCUT2D eigenvalue weighted by molar-refractivity contribution is 0.0177. The van der Waals surface area contributed by atoms with Crippen molar-refractivity contribution < 1.29 is 9.47 Å². The van der Waals surface area contributed by atoms with E-state index in [0.29, 0.717) is 6.04 Å². The zero-order valence-corrected chi connectivity index (χ0v) is 22.6. The predicted molar refractivity (Wildman–Crippen MR) is 144 cm³/mol. The van der Waals surface area contributed by atoms with Gasteiger partial charge in [0.15, 0.2) is 5.96 Å². The first-order valence-corrected chi connectivity index (χ1v) is 11.6. The van der Waals surface area contributed by atoms with Gasteiger partial charge in [0.1, 0.15) is 5.75 Å². The molecule has 32 heavy (non-hydrogen) atoms. The van der Waals surface area contributed by atoms with Crippen molar-refractivity contribution in [3.8, 4) is 5.75 Å². The highest BCUT2D eigenvalue weighted by Crippen LogP contribution is 2.25. The van der Waals surface area contributed by atoms with Crippen LogP contribution in [0.3, 0.4) is 0 Å². The average molecular weight is 574 g/mol. The maximum Gasteiger partial charge on any atom is 0.191 e. The van der Waals surface area contributed by atoms with Crippen LogP contribution in [0.5, 0.6) is 5.75 Å². The van der Waals surface area contributed by atoms with Gasteiger partial charge in [0.05, 0.1) is 32.4 Å². The second kappa shape index (κ2) is 14.0. The van der Waals surface area contributed by atoms with Crippen LogP contribution in [0.25, 0.3) is 0 Å². The van der Waals surface area contributed by atoms with E-state index < -0.39 is 0 Å². The molecule has 1 aromatic carbocycles. The Bertz CT molecular complexity index is 795. The van der Waals surface area contributed by atoms with E-state index in [1.165, 1.54) is 10.4 Å². The van der Waals surface area contributed by atoms with Gasteiger partial charge in [0, 0.05) is 38.1 Å². The van der Waals surface area contributed by atoms with Crippen molar-refractivity contribution in [2.45, 2.75) is 12.1 Å². The zero-order valence-electron chi connectivity index (χ0n) is 19.4. The maximum absolute atomic E-state index is 5.55. The summed E-state index contributed by atoms with van der Waals surface area (Å²) in [6.45, 7) is 5.05. The number of nitrogens with one attached hydrogen (secondary N) is 2. The molecule has 0 bridgehead atoms. The van der Waals surface area contributed by atoms with Crippen molar-refractivity contribution in [3.63, 3.8) is 0 Å². The number of ether oxygens (including phenoxy) is 2.